The fourth-order valence-electron chi connectivity index (χ4n) is 3.00. The third-order valence-corrected chi connectivity index (χ3v) is 4.83. The van der Waals surface area contributed by atoms with Gasteiger partial charge in [-0.1, -0.05) is 34.5 Å². The van der Waals surface area contributed by atoms with Crippen molar-refractivity contribution in [1.29, 1.82) is 0 Å². The molecule has 0 bridgehead atoms. The van der Waals surface area contributed by atoms with E-state index in [1.165, 1.54) is 0 Å². The highest BCUT2D eigenvalue weighted by Crippen LogP contribution is 2.32. The first-order valence-corrected chi connectivity index (χ1v) is 8.01. The quantitative estimate of drug-likeness (QED) is 0.845. The van der Waals surface area contributed by atoms with Crippen LogP contribution in [0.3, 0.4) is 0 Å². The minimum atomic E-state index is -0.362. The summed E-state index contributed by atoms with van der Waals surface area (Å²) in [6.07, 6.45) is 3.15. The van der Waals surface area contributed by atoms with Crippen LogP contribution in [0.25, 0.3) is 0 Å². The monoisotopic (exact) mass is 374 g/mol. The normalized spacial score (nSPS) is 21.7. The van der Waals surface area contributed by atoms with Crippen molar-refractivity contribution < 1.29 is 4.79 Å². The Balaban J connectivity index is 0.00000220. The molecule has 1 aliphatic carbocycles. The van der Waals surface area contributed by atoms with Gasteiger partial charge in [-0.2, -0.15) is 0 Å². The maximum atomic E-state index is 12.5. The largest absolute Gasteiger partial charge is 0.347 e. The van der Waals surface area contributed by atoms with Gasteiger partial charge in [0.1, 0.15) is 0 Å². The number of amides is 1. The highest BCUT2D eigenvalue weighted by atomic mass is 79.9. The molecule has 0 saturated heterocycles. The molecule has 2 rings (SSSR count). The van der Waals surface area contributed by atoms with E-state index in [0.717, 1.165) is 29.3 Å². The summed E-state index contributed by atoms with van der Waals surface area (Å²) < 4.78 is 1.04. The van der Waals surface area contributed by atoms with Crippen molar-refractivity contribution in [2.24, 2.45) is 17.6 Å². The van der Waals surface area contributed by atoms with Gasteiger partial charge >= 0.3 is 0 Å². The predicted octanol–water partition coefficient (Wildman–Crippen LogP) is 3.60. The maximum absolute atomic E-state index is 12.5. The standard InChI is InChI=1S/C16H23BrN2O.ClH/c1-16(2,12-6-8-13(17)9-7-12)19-15(20)14-5-3-4-11(14)10-18;/h6-9,11,14H,3-5,10,18H2,1-2H3,(H,19,20);1H/t11-,14-;/m1./s1. The predicted molar refractivity (Wildman–Crippen MR) is 92.4 cm³/mol. The van der Waals surface area contributed by atoms with Crippen molar-refractivity contribution in [1.82, 2.24) is 5.32 Å². The molecule has 3 N–H and O–H groups in total. The number of hydrogen-bond donors (Lipinski definition) is 2. The molecule has 0 unspecified atom stereocenters. The Morgan fingerprint density at radius 3 is 2.52 bits per heavy atom. The van der Waals surface area contributed by atoms with Crippen LogP contribution in [0.15, 0.2) is 28.7 Å². The SMILES string of the molecule is CC(C)(NC(=O)[C@@H]1CCC[C@@H]1CN)c1ccc(Br)cc1.Cl. The van der Waals surface area contributed by atoms with Crippen molar-refractivity contribution in [2.45, 2.75) is 38.6 Å². The summed E-state index contributed by atoms with van der Waals surface area (Å²) >= 11 is 3.43. The van der Waals surface area contributed by atoms with E-state index in [9.17, 15) is 4.79 Å². The lowest BCUT2D eigenvalue weighted by Gasteiger charge is -2.30. The van der Waals surface area contributed by atoms with Crippen LogP contribution < -0.4 is 11.1 Å². The second-order valence-corrected chi connectivity index (χ2v) is 7.07. The Kier molecular flexibility index (Phi) is 6.70. The summed E-state index contributed by atoms with van der Waals surface area (Å²) in [7, 11) is 0. The number of nitrogens with two attached hydrogens (primary N) is 1. The smallest absolute Gasteiger partial charge is 0.224 e. The number of carbonyl (C=O) groups excluding carboxylic acids is 1. The molecule has 1 saturated carbocycles. The van der Waals surface area contributed by atoms with E-state index in [4.69, 9.17) is 5.73 Å². The molecule has 1 aliphatic rings. The number of hydrogen-bond acceptors (Lipinski definition) is 2. The van der Waals surface area contributed by atoms with E-state index in [1.807, 2.05) is 38.1 Å². The molecule has 0 aliphatic heterocycles. The molecular formula is C16H24BrClN2O. The van der Waals surface area contributed by atoms with E-state index in [-0.39, 0.29) is 29.8 Å². The second kappa shape index (κ2) is 7.61. The van der Waals surface area contributed by atoms with Gasteiger partial charge in [0, 0.05) is 10.4 Å². The summed E-state index contributed by atoms with van der Waals surface area (Å²) in [6.45, 7) is 4.69. The molecule has 21 heavy (non-hydrogen) atoms. The zero-order valence-corrected chi connectivity index (χ0v) is 15.0. The molecule has 1 aromatic carbocycles. The van der Waals surface area contributed by atoms with E-state index in [2.05, 4.69) is 21.2 Å². The zero-order chi connectivity index (χ0) is 14.8. The fourth-order valence-corrected chi connectivity index (χ4v) is 3.27. The Morgan fingerprint density at radius 2 is 1.95 bits per heavy atom. The van der Waals surface area contributed by atoms with Gasteiger partial charge in [-0.05, 0) is 56.8 Å². The molecule has 1 aromatic rings. The summed E-state index contributed by atoms with van der Waals surface area (Å²) in [4.78, 5) is 12.5. The average Bonchev–Trinajstić information content (AvgIpc) is 2.87. The number of halogens is 2. The summed E-state index contributed by atoms with van der Waals surface area (Å²) in [5.41, 5.74) is 6.51. The van der Waals surface area contributed by atoms with Gasteiger partial charge in [0.2, 0.25) is 5.91 Å². The van der Waals surface area contributed by atoms with Gasteiger partial charge in [0.25, 0.3) is 0 Å². The third-order valence-electron chi connectivity index (χ3n) is 4.30. The molecule has 2 atom stereocenters. The summed E-state index contributed by atoms with van der Waals surface area (Å²) in [6, 6.07) is 8.09. The van der Waals surface area contributed by atoms with Crippen LogP contribution in [0.2, 0.25) is 0 Å². The Morgan fingerprint density at radius 1 is 1.33 bits per heavy atom. The fraction of sp³-hybridized carbons (Fsp3) is 0.562. The molecule has 5 heteroatoms. The molecule has 3 nitrogen and oxygen atoms in total. The van der Waals surface area contributed by atoms with Crippen LogP contribution in [0.5, 0.6) is 0 Å². The number of carbonyl (C=O) groups is 1. The molecule has 0 heterocycles. The molecule has 0 spiro atoms. The Bertz CT molecular complexity index is 476. The first kappa shape index (κ1) is 18.5. The molecule has 0 radical (unpaired) electrons. The lowest BCUT2D eigenvalue weighted by atomic mass is 9.90. The van der Waals surface area contributed by atoms with Gasteiger partial charge in [-0.15, -0.1) is 12.4 Å². The number of nitrogens with one attached hydrogen (secondary N) is 1. The molecule has 0 aromatic heterocycles. The van der Waals surface area contributed by atoms with Crippen LogP contribution in [0.1, 0.15) is 38.7 Å². The van der Waals surface area contributed by atoms with Crippen molar-refractivity contribution in [3.63, 3.8) is 0 Å². The molecule has 1 amide bonds. The van der Waals surface area contributed by atoms with Crippen LogP contribution >= 0.6 is 28.3 Å². The van der Waals surface area contributed by atoms with Gasteiger partial charge < -0.3 is 11.1 Å². The Labute approximate surface area is 141 Å². The van der Waals surface area contributed by atoms with Crippen molar-refractivity contribution in [3.05, 3.63) is 34.3 Å². The molecule has 1 fully saturated rings. The van der Waals surface area contributed by atoms with Gasteiger partial charge in [0.05, 0.1) is 5.54 Å². The second-order valence-electron chi connectivity index (χ2n) is 6.15. The van der Waals surface area contributed by atoms with Crippen molar-refractivity contribution >= 4 is 34.2 Å². The van der Waals surface area contributed by atoms with Gasteiger partial charge in [0.15, 0.2) is 0 Å². The van der Waals surface area contributed by atoms with Gasteiger partial charge in [-0.3, -0.25) is 4.79 Å². The molecular weight excluding hydrogens is 352 g/mol. The summed E-state index contributed by atoms with van der Waals surface area (Å²) in [5, 5.41) is 3.19. The number of rotatable bonds is 4. The Hall–Kier alpha value is -0.580. The summed E-state index contributed by atoms with van der Waals surface area (Å²) in [5.74, 6) is 0.566. The van der Waals surface area contributed by atoms with E-state index >= 15 is 0 Å². The first-order chi connectivity index (χ1) is 9.44. The van der Waals surface area contributed by atoms with Crippen LogP contribution in [-0.4, -0.2) is 12.5 Å². The van der Waals surface area contributed by atoms with E-state index in [1.54, 1.807) is 0 Å². The van der Waals surface area contributed by atoms with Crippen molar-refractivity contribution in [2.75, 3.05) is 6.54 Å². The lowest BCUT2D eigenvalue weighted by molar-refractivity contribution is -0.127. The van der Waals surface area contributed by atoms with Gasteiger partial charge in [-0.25, -0.2) is 0 Å². The average molecular weight is 376 g/mol. The minimum absolute atomic E-state index is 0. The van der Waals surface area contributed by atoms with Crippen LogP contribution in [0, 0.1) is 11.8 Å². The molecule has 118 valence electrons. The van der Waals surface area contributed by atoms with Crippen molar-refractivity contribution in [3.8, 4) is 0 Å². The topological polar surface area (TPSA) is 55.1 Å². The maximum Gasteiger partial charge on any atom is 0.224 e. The van der Waals surface area contributed by atoms with Crippen LogP contribution in [0.4, 0.5) is 0 Å². The van der Waals surface area contributed by atoms with Crippen LogP contribution in [-0.2, 0) is 10.3 Å². The first-order valence-electron chi connectivity index (χ1n) is 7.22. The highest BCUT2D eigenvalue weighted by molar-refractivity contribution is 9.10. The minimum Gasteiger partial charge on any atom is -0.347 e. The zero-order valence-electron chi connectivity index (χ0n) is 12.6. The lowest BCUT2D eigenvalue weighted by Crippen LogP contribution is -2.45. The van der Waals surface area contributed by atoms with E-state index < -0.39 is 0 Å². The third kappa shape index (κ3) is 4.44. The highest BCUT2D eigenvalue weighted by Gasteiger charge is 2.34. The van der Waals surface area contributed by atoms with E-state index in [0.29, 0.717) is 12.5 Å². The number of benzene rings is 1.